The van der Waals surface area contributed by atoms with Gasteiger partial charge in [0.05, 0.1) is 0 Å². The molecule has 0 saturated heterocycles. The van der Waals surface area contributed by atoms with Gasteiger partial charge in [-0.1, -0.05) is 18.0 Å². The van der Waals surface area contributed by atoms with E-state index in [9.17, 15) is 18.0 Å². The highest BCUT2D eigenvalue weighted by molar-refractivity contribution is 6.34. The summed E-state index contributed by atoms with van der Waals surface area (Å²) in [7, 11) is 1.13. The highest BCUT2D eigenvalue weighted by Gasteiger charge is 2.43. The molecular weight excluding hydrogens is 331 g/mol. The van der Waals surface area contributed by atoms with Crippen LogP contribution >= 0.6 is 11.6 Å². The number of nitrogens with zero attached hydrogens (tertiary/aromatic N) is 2. The summed E-state index contributed by atoms with van der Waals surface area (Å²) < 4.78 is 39.4. The Morgan fingerprint density at radius 2 is 2.09 bits per heavy atom. The second kappa shape index (κ2) is 5.69. The smallest absolute Gasteiger partial charge is 0.348 e. The quantitative estimate of drug-likeness (QED) is 0.905. The summed E-state index contributed by atoms with van der Waals surface area (Å²) in [5.41, 5.74) is -1.46. The summed E-state index contributed by atoms with van der Waals surface area (Å²) in [4.78, 5) is 12.3. The molecule has 128 valence electrons. The van der Waals surface area contributed by atoms with Crippen LogP contribution < -0.4 is 5.32 Å². The van der Waals surface area contributed by atoms with Gasteiger partial charge in [0.1, 0.15) is 5.02 Å². The van der Waals surface area contributed by atoms with E-state index in [1.165, 1.54) is 19.3 Å². The summed E-state index contributed by atoms with van der Waals surface area (Å²) in [5, 5.41) is 5.81. The van der Waals surface area contributed by atoms with E-state index in [0.29, 0.717) is 16.5 Å². The molecule has 1 amide bonds. The van der Waals surface area contributed by atoms with Gasteiger partial charge in [0, 0.05) is 13.1 Å². The zero-order chi connectivity index (χ0) is 16.9. The first-order valence-electron chi connectivity index (χ1n) is 7.79. The van der Waals surface area contributed by atoms with Crippen molar-refractivity contribution >= 4 is 17.5 Å². The molecule has 2 aliphatic rings. The molecule has 1 heterocycles. The van der Waals surface area contributed by atoms with Gasteiger partial charge < -0.3 is 5.32 Å². The number of aryl methyl sites for hydroxylation is 1. The number of hydrogen-bond donors (Lipinski definition) is 1. The summed E-state index contributed by atoms with van der Waals surface area (Å²) in [5.74, 6) is 1.10. The minimum absolute atomic E-state index is 0.0924. The average Bonchev–Trinajstić information content (AvgIpc) is 3.11. The molecule has 1 aromatic heterocycles. The molecule has 23 heavy (non-hydrogen) atoms. The number of carbonyl (C=O) groups is 1. The Kier molecular flexibility index (Phi) is 4.11. The van der Waals surface area contributed by atoms with Gasteiger partial charge in [-0.3, -0.25) is 9.48 Å². The van der Waals surface area contributed by atoms with Crippen LogP contribution in [0.25, 0.3) is 0 Å². The van der Waals surface area contributed by atoms with E-state index in [-0.39, 0.29) is 11.7 Å². The van der Waals surface area contributed by atoms with Crippen molar-refractivity contribution in [3.63, 3.8) is 0 Å². The third kappa shape index (κ3) is 2.95. The standard InChI is InChI=1S/C15H19ClF3N3O/c1-7(10-6-8-3-4-9(10)5-8)20-14(23)12-11(16)13(15(17,18)19)22(2)21-12/h7-10H,3-6H2,1-2H3,(H,20,23)/t7-,8-,9-,10-/m1/s1. The van der Waals surface area contributed by atoms with Crippen molar-refractivity contribution in [2.75, 3.05) is 0 Å². The predicted octanol–water partition coefficient (Wildman–Crippen LogP) is 3.65. The van der Waals surface area contributed by atoms with Gasteiger partial charge in [-0.15, -0.1) is 0 Å². The van der Waals surface area contributed by atoms with Crippen molar-refractivity contribution in [3.8, 4) is 0 Å². The van der Waals surface area contributed by atoms with Crippen molar-refractivity contribution < 1.29 is 18.0 Å². The molecule has 0 aromatic carbocycles. The monoisotopic (exact) mass is 349 g/mol. The lowest BCUT2D eigenvalue weighted by Gasteiger charge is -2.28. The number of carbonyl (C=O) groups excluding carboxylic acids is 1. The van der Waals surface area contributed by atoms with Gasteiger partial charge >= 0.3 is 6.18 Å². The highest BCUT2D eigenvalue weighted by atomic mass is 35.5. The first-order valence-corrected chi connectivity index (χ1v) is 8.16. The Labute approximate surface area is 137 Å². The SMILES string of the molecule is C[C@@H](NC(=O)c1nn(C)c(C(F)(F)F)c1Cl)[C@H]1C[C@@H]2CC[C@@H]1C2. The molecule has 2 aliphatic carbocycles. The molecule has 4 nitrogen and oxygen atoms in total. The Morgan fingerprint density at radius 1 is 1.39 bits per heavy atom. The zero-order valence-electron chi connectivity index (χ0n) is 13.0. The summed E-state index contributed by atoms with van der Waals surface area (Å²) in [6, 6.07) is -0.0924. The van der Waals surface area contributed by atoms with Crippen LogP contribution in [0.15, 0.2) is 0 Å². The lowest BCUT2D eigenvalue weighted by atomic mass is 9.84. The predicted molar refractivity (Wildman–Crippen MR) is 79.1 cm³/mol. The molecule has 4 atom stereocenters. The fourth-order valence-corrected chi connectivity index (χ4v) is 4.59. The van der Waals surface area contributed by atoms with Gasteiger partial charge in [0.2, 0.25) is 0 Å². The summed E-state index contributed by atoms with van der Waals surface area (Å²) in [6.45, 7) is 1.91. The van der Waals surface area contributed by atoms with Crippen LogP contribution in [-0.4, -0.2) is 21.7 Å². The molecule has 1 N–H and O–H groups in total. The first kappa shape index (κ1) is 16.6. The van der Waals surface area contributed by atoms with Crippen molar-refractivity contribution in [2.45, 2.75) is 44.8 Å². The van der Waals surface area contributed by atoms with Gasteiger partial charge in [-0.2, -0.15) is 18.3 Å². The largest absolute Gasteiger partial charge is 0.434 e. The number of fused-ring (bicyclic) bond motifs is 2. The third-order valence-electron chi connectivity index (χ3n) is 5.27. The van der Waals surface area contributed by atoms with Crippen molar-refractivity contribution in [1.82, 2.24) is 15.1 Å². The first-order chi connectivity index (χ1) is 10.7. The van der Waals surface area contributed by atoms with E-state index in [1.807, 2.05) is 6.92 Å². The van der Waals surface area contributed by atoms with Crippen LogP contribution in [0.2, 0.25) is 5.02 Å². The van der Waals surface area contributed by atoms with Crippen LogP contribution in [0, 0.1) is 17.8 Å². The number of nitrogens with one attached hydrogen (secondary N) is 1. The highest BCUT2D eigenvalue weighted by Crippen LogP contribution is 2.49. The van der Waals surface area contributed by atoms with Gasteiger partial charge in [-0.05, 0) is 43.9 Å². The molecule has 2 saturated carbocycles. The normalized spacial score (nSPS) is 28.2. The van der Waals surface area contributed by atoms with Crippen LogP contribution in [0.3, 0.4) is 0 Å². The number of aromatic nitrogens is 2. The van der Waals surface area contributed by atoms with Crippen LogP contribution in [0.4, 0.5) is 13.2 Å². The third-order valence-corrected chi connectivity index (χ3v) is 5.62. The maximum atomic E-state index is 12.9. The van der Waals surface area contributed by atoms with Crippen LogP contribution in [0.1, 0.15) is 48.8 Å². The van der Waals surface area contributed by atoms with E-state index in [2.05, 4.69) is 10.4 Å². The van der Waals surface area contributed by atoms with E-state index in [4.69, 9.17) is 11.6 Å². The fraction of sp³-hybridized carbons (Fsp3) is 0.733. The lowest BCUT2D eigenvalue weighted by Crippen LogP contribution is -2.40. The second-order valence-corrected chi connectivity index (χ2v) is 7.11. The number of amides is 1. The molecule has 3 rings (SSSR count). The minimum atomic E-state index is -4.65. The zero-order valence-corrected chi connectivity index (χ0v) is 13.7. The topological polar surface area (TPSA) is 46.9 Å². The van der Waals surface area contributed by atoms with Gasteiger partial charge in [0.25, 0.3) is 5.91 Å². The Balaban J connectivity index is 1.74. The fourth-order valence-electron chi connectivity index (χ4n) is 4.24. The molecule has 8 heteroatoms. The second-order valence-electron chi connectivity index (χ2n) is 6.73. The lowest BCUT2D eigenvalue weighted by molar-refractivity contribution is -0.143. The number of halogens is 4. The Hall–Kier alpha value is -1.24. The van der Waals surface area contributed by atoms with Crippen LogP contribution in [-0.2, 0) is 13.2 Å². The number of rotatable bonds is 3. The average molecular weight is 350 g/mol. The number of alkyl halides is 3. The van der Waals surface area contributed by atoms with E-state index in [0.717, 1.165) is 19.4 Å². The molecule has 1 aromatic rings. The van der Waals surface area contributed by atoms with Crippen molar-refractivity contribution in [2.24, 2.45) is 24.8 Å². The number of hydrogen-bond acceptors (Lipinski definition) is 2. The van der Waals surface area contributed by atoms with Gasteiger partial charge in [0.15, 0.2) is 11.4 Å². The van der Waals surface area contributed by atoms with Crippen molar-refractivity contribution in [1.29, 1.82) is 0 Å². The molecule has 0 radical (unpaired) electrons. The molecule has 0 unspecified atom stereocenters. The molecule has 0 aliphatic heterocycles. The molecule has 0 spiro atoms. The van der Waals surface area contributed by atoms with E-state index >= 15 is 0 Å². The summed E-state index contributed by atoms with van der Waals surface area (Å²) >= 11 is 5.75. The maximum Gasteiger partial charge on any atom is 0.434 e. The van der Waals surface area contributed by atoms with Crippen molar-refractivity contribution in [3.05, 3.63) is 16.4 Å². The molecule has 2 bridgehead atoms. The molecule has 2 fully saturated rings. The van der Waals surface area contributed by atoms with E-state index in [1.54, 1.807) is 0 Å². The Morgan fingerprint density at radius 3 is 2.57 bits per heavy atom. The van der Waals surface area contributed by atoms with Crippen LogP contribution in [0.5, 0.6) is 0 Å². The summed E-state index contributed by atoms with van der Waals surface area (Å²) in [6.07, 6.45) is 0.0673. The van der Waals surface area contributed by atoms with E-state index < -0.39 is 22.8 Å². The molecular formula is C15H19ClF3N3O. The Bertz CT molecular complexity index is 628. The minimum Gasteiger partial charge on any atom is -0.348 e. The maximum absolute atomic E-state index is 12.9. The van der Waals surface area contributed by atoms with Gasteiger partial charge in [-0.25, -0.2) is 0 Å².